The molecule has 4 rings (SSSR count). The van der Waals surface area contributed by atoms with Crippen LogP contribution in [0.25, 0.3) is 32.0 Å². The van der Waals surface area contributed by atoms with E-state index in [-0.39, 0.29) is 0 Å². The first-order valence-electron chi connectivity index (χ1n) is 8.94. The van der Waals surface area contributed by atoms with Gasteiger partial charge in [0.2, 0.25) is 0 Å². The quantitative estimate of drug-likeness (QED) is 0.230. The number of halogens is 2. The maximum absolute atomic E-state index is 6.08. The fraction of sp³-hybridized carbons (Fsp3) is 0. The number of hydrogen-bond donors (Lipinski definition) is 0. The van der Waals surface area contributed by atoms with E-state index in [1.54, 1.807) is 46.2 Å². The van der Waals surface area contributed by atoms with E-state index in [0.717, 1.165) is 21.2 Å². The lowest BCUT2D eigenvalue weighted by atomic mass is 10.1. The Morgan fingerprint density at radius 2 is 1.00 bits per heavy atom. The summed E-state index contributed by atoms with van der Waals surface area (Å²) in [4.78, 5) is 2.47. The molecule has 0 aliphatic rings. The van der Waals surface area contributed by atoms with Gasteiger partial charge in [0, 0.05) is 30.9 Å². The summed E-state index contributed by atoms with van der Waals surface area (Å²) < 4.78 is 2.45. The van der Waals surface area contributed by atoms with E-state index < -0.39 is 0 Å². The van der Waals surface area contributed by atoms with E-state index in [1.807, 2.05) is 35.1 Å². The number of thioether (sulfide) groups is 2. The van der Waals surface area contributed by atoms with Crippen molar-refractivity contribution in [3.05, 3.63) is 94.7 Å². The highest BCUT2D eigenvalue weighted by atomic mass is 35.5. The SMILES string of the molecule is C=CSc1sc(-c2cc(-c3ccc(Cl)cc3)c(SC=C)s2)cc1-c1ccc(Cl)cc1. The number of rotatable bonds is 7. The predicted molar refractivity (Wildman–Crippen MR) is 141 cm³/mol. The summed E-state index contributed by atoms with van der Waals surface area (Å²) in [5, 5.41) is 5.23. The first-order chi connectivity index (χ1) is 14.6. The van der Waals surface area contributed by atoms with Crippen molar-refractivity contribution in [3.63, 3.8) is 0 Å². The van der Waals surface area contributed by atoms with E-state index in [9.17, 15) is 0 Å². The van der Waals surface area contributed by atoms with Crippen molar-refractivity contribution >= 4 is 69.4 Å². The monoisotopic (exact) mass is 502 g/mol. The van der Waals surface area contributed by atoms with Crippen LogP contribution in [0.1, 0.15) is 0 Å². The number of hydrogen-bond acceptors (Lipinski definition) is 4. The van der Waals surface area contributed by atoms with E-state index in [4.69, 9.17) is 23.2 Å². The maximum Gasteiger partial charge on any atom is 0.0725 e. The third-order valence-corrected chi connectivity index (χ3v) is 9.17. The highest BCUT2D eigenvalue weighted by molar-refractivity contribution is 8.04. The van der Waals surface area contributed by atoms with Gasteiger partial charge in [0.05, 0.1) is 8.42 Å². The first kappa shape index (κ1) is 21.8. The summed E-state index contributed by atoms with van der Waals surface area (Å²) in [6.07, 6.45) is 0. The predicted octanol–water partition coefficient (Wildman–Crippen LogP) is 10.6. The molecule has 0 amide bonds. The molecule has 0 spiro atoms. The molecule has 6 heteroatoms. The van der Waals surface area contributed by atoms with E-state index in [0.29, 0.717) is 0 Å². The molecule has 0 saturated carbocycles. The summed E-state index contributed by atoms with van der Waals surface area (Å²) in [6.45, 7) is 7.80. The topological polar surface area (TPSA) is 0 Å². The number of thiophene rings is 2. The lowest BCUT2D eigenvalue weighted by Crippen LogP contribution is -1.75. The Kier molecular flexibility index (Phi) is 7.14. The van der Waals surface area contributed by atoms with Crippen LogP contribution in [0.5, 0.6) is 0 Å². The summed E-state index contributed by atoms with van der Waals surface area (Å²) in [5.41, 5.74) is 4.72. The summed E-state index contributed by atoms with van der Waals surface area (Å²) in [5.74, 6) is 0. The highest BCUT2D eigenvalue weighted by Gasteiger charge is 2.17. The second-order valence-electron chi connectivity index (χ2n) is 6.21. The van der Waals surface area contributed by atoms with Crippen LogP contribution in [-0.4, -0.2) is 0 Å². The number of benzene rings is 2. The van der Waals surface area contributed by atoms with E-state index >= 15 is 0 Å². The van der Waals surface area contributed by atoms with Crippen LogP contribution < -0.4 is 0 Å². The Morgan fingerprint density at radius 1 is 0.633 bits per heavy atom. The average Bonchev–Trinajstić information content (AvgIpc) is 3.35. The van der Waals surface area contributed by atoms with Crippen molar-refractivity contribution in [1.82, 2.24) is 0 Å². The standard InChI is InChI=1S/C24H16Cl2S4/c1-3-27-23-19(15-5-9-17(25)10-6-15)13-21(29-23)22-14-20(24(30-22)28-4-2)16-7-11-18(26)12-8-16/h3-14H,1-2H2. The van der Waals surface area contributed by atoms with Gasteiger partial charge in [-0.25, -0.2) is 0 Å². The van der Waals surface area contributed by atoms with Crippen LogP contribution in [0.4, 0.5) is 0 Å². The van der Waals surface area contributed by atoms with Crippen molar-refractivity contribution in [1.29, 1.82) is 0 Å². The molecule has 4 aromatic rings. The Hall–Kier alpha value is -1.40. The van der Waals surface area contributed by atoms with Gasteiger partial charge in [-0.05, 0) is 58.3 Å². The summed E-state index contributed by atoms with van der Waals surface area (Å²) in [6, 6.07) is 20.5. The first-order valence-corrected chi connectivity index (χ1v) is 13.1. The van der Waals surface area contributed by atoms with Gasteiger partial charge in [-0.3, -0.25) is 0 Å². The van der Waals surface area contributed by atoms with Gasteiger partial charge >= 0.3 is 0 Å². The third kappa shape index (κ3) is 4.75. The van der Waals surface area contributed by atoms with Crippen molar-refractivity contribution in [2.24, 2.45) is 0 Å². The molecule has 2 heterocycles. The van der Waals surface area contributed by atoms with Crippen LogP contribution in [0, 0.1) is 0 Å². The molecule has 0 nitrogen and oxygen atoms in total. The molecule has 0 fully saturated rings. The summed E-state index contributed by atoms with van der Waals surface area (Å²) >= 11 is 19.0. The zero-order valence-electron chi connectivity index (χ0n) is 15.7. The molecule has 0 atom stereocenters. The van der Waals surface area contributed by atoms with Gasteiger partial charge in [-0.2, -0.15) is 0 Å². The van der Waals surface area contributed by atoms with Crippen LogP contribution in [0.15, 0.2) is 93.1 Å². The average molecular weight is 504 g/mol. The lowest BCUT2D eigenvalue weighted by molar-refractivity contribution is 1.60. The molecule has 0 unspecified atom stereocenters. The minimum Gasteiger partial charge on any atom is -0.127 e. The molecule has 150 valence electrons. The van der Waals surface area contributed by atoms with Crippen LogP contribution in [0.2, 0.25) is 10.0 Å². The highest BCUT2D eigenvalue weighted by Crippen LogP contribution is 2.49. The van der Waals surface area contributed by atoms with Gasteiger partial charge < -0.3 is 0 Å². The Balaban J connectivity index is 1.80. The van der Waals surface area contributed by atoms with Crippen molar-refractivity contribution < 1.29 is 0 Å². The Morgan fingerprint density at radius 3 is 1.33 bits per heavy atom. The lowest BCUT2D eigenvalue weighted by Gasteiger charge is -2.01. The second-order valence-corrected chi connectivity index (χ2v) is 11.7. The minimum absolute atomic E-state index is 0.740. The van der Waals surface area contributed by atoms with E-state index in [1.165, 1.54) is 29.3 Å². The third-order valence-electron chi connectivity index (χ3n) is 4.33. The molecule has 0 radical (unpaired) electrons. The Labute approximate surface area is 203 Å². The molecule has 0 aliphatic heterocycles. The maximum atomic E-state index is 6.08. The molecular formula is C24H16Cl2S4. The molecule has 0 saturated heterocycles. The molecule has 2 aromatic heterocycles. The van der Waals surface area contributed by atoms with Gasteiger partial charge in [0.15, 0.2) is 0 Å². The smallest absolute Gasteiger partial charge is 0.0725 e. The fourth-order valence-corrected chi connectivity index (χ4v) is 7.37. The second kappa shape index (κ2) is 9.82. The Bertz CT molecular complexity index is 1090. The molecule has 0 aliphatic carbocycles. The van der Waals surface area contributed by atoms with Crippen molar-refractivity contribution in [3.8, 4) is 32.0 Å². The largest absolute Gasteiger partial charge is 0.127 e. The molecule has 30 heavy (non-hydrogen) atoms. The zero-order valence-corrected chi connectivity index (χ0v) is 20.5. The van der Waals surface area contributed by atoms with E-state index in [2.05, 4.69) is 49.6 Å². The normalized spacial score (nSPS) is 10.9. The minimum atomic E-state index is 0.740. The fourth-order valence-electron chi connectivity index (χ4n) is 2.98. The van der Waals surface area contributed by atoms with Crippen LogP contribution in [-0.2, 0) is 0 Å². The van der Waals surface area contributed by atoms with Crippen LogP contribution in [0.3, 0.4) is 0 Å². The van der Waals surface area contributed by atoms with Gasteiger partial charge in [-0.15, -0.1) is 22.7 Å². The molecular weight excluding hydrogens is 487 g/mol. The zero-order chi connectivity index (χ0) is 21.1. The molecule has 0 N–H and O–H groups in total. The van der Waals surface area contributed by atoms with Gasteiger partial charge in [-0.1, -0.05) is 84.1 Å². The van der Waals surface area contributed by atoms with Gasteiger partial charge in [0.25, 0.3) is 0 Å². The van der Waals surface area contributed by atoms with Gasteiger partial charge in [0.1, 0.15) is 0 Å². The van der Waals surface area contributed by atoms with Crippen molar-refractivity contribution in [2.45, 2.75) is 8.42 Å². The molecule has 0 bridgehead atoms. The summed E-state index contributed by atoms with van der Waals surface area (Å²) in [7, 11) is 0. The molecule has 2 aromatic carbocycles. The van der Waals surface area contributed by atoms with Crippen molar-refractivity contribution in [2.75, 3.05) is 0 Å². The van der Waals surface area contributed by atoms with Crippen LogP contribution >= 0.6 is 69.4 Å².